The number of aromatic nitrogens is 2. The highest BCUT2D eigenvalue weighted by Gasteiger charge is 2.23. The number of hydrogen-bond acceptors (Lipinski definition) is 3. The second-order valence-electron chi connectivity index (χ2n) is 5.27. The number of nitrogens with one attached hydrogen (secondary N) is 1. The van der Waals surface area contributed by atoms with E-state index < -0.39 is 17.9 Å². The number of carboxylic acids is 1. The van der Waals surface area contributed by atoms with E-state index in [9.17, 15) is 9.59 Å². The first-order valence-corrected chi connectivity index (χ1v) is 7.74. The van der Waals surface area contributed by atoms with Crippen LogP contribution in [0.25, 0.3) is 5.69 Å². The number of carbonyl (C=O) groups is 2. The summed E-state index contributed by atoms with van der Waals surface area (Å²) in [5, 5.41) is 16.0. The van der Waals surface area contributed by atoms with Crippen LogP contribution in [0.4, 0.5) is 0 Å². The first kappa shape index (κ1) is 16.7. The van der Waals surface area contributed by atoms with Gasteiger partial charge in [-0.25, -0.2) is 9.48 Å². The van der Waals surface area contributed by atoms with Crippen LogP contribution < -0.4 is 5.32 Å². The molecule has 0 spiro atoms. The molecule has 6 heteroatoms. The van der Waals surface area contributed by atoms with Crippen LogP contribution >= 0.6 is 0 Å². The Kier molecular flexibility index (Phi) is 5.51. The van der Waals surface area contributed by atoms with E-state index in [1.807, 2.05) is 37.3 Å². The number of benzene rings is 1. The maximum atomic E-state index is 12.4. The Balaban J connectivity index is 2.34. The highest BCUT2D eigenvalue weighted by Crippen LogP contribution is 2.17. The Labute approximate surface area is 135 Å². The Bertz CT molecular complexity index is 680. The Morgan fingerprint density at radius 3 is 2.52 bits per heavy atom. The van der Waals surface area contributed by atoms with Crippen LogP contribution in [-0.2, 0) is 11.2 Å². The van der Waals surface area contributed by atoms with Gasteiger partial charge >= 0.3 is 5.97 Å². The van der Waals surface area contributed by atoms with E-state index >= 15 is 0 Å². The van der Waals surface area contributed by atoms with E-state index in [0.717, 1.165) is 17.8 Å². The van der Waals surface area contributed by atoms with E-state index in [0.29, 0.717) is 18.4 Å². The number of carbonyl (C=O) groups excluding carboxylic acids is 1. The monoisotopic (exact) mass is 315 g/mol. The number of para-hydroxylation sites is 1. The molecule has 2 aromatic rings. The summed E-state index contributed by atoms with van der Waals surface area (Å²) in [6.45, 7) is 3.75. The average molecular weight is 315 g/mol. The van der Waals surface area contributed by atoms with Gasteiger partial charge in [-0.15, -0.1) is 0 Å². The van der Waals surface area contributed by atoms with Gasteiger partial charge in [-0.3, -0.25) is 4.79 Å². The van der Waals surface area contributed by atoms with Gasteiger partial charge in [-0.2, -0.15) is 5.10 Å². The fraction of sp³-hybridized carbons (Fsp3) is 0.353. The Morgan fingerprint density at radius 1 is 1.26 bits per heavy atom. The minimum atomic E-state index is -1.03. The maximum Gasteiger partial charge on any atom is 0.326 e. The molecule has 122 valence electrons. The van der Waals surface area contributed by atoms with Gasteiger partial charge in [-0.1, -0.05) is 38.5 Å². The van der Waals surface area contributed by atoms with Crippen molar-refractivity contribution in [3.8, 4) is 5.69 Å². The normalized spacial score (nSPS) is 11.9. The zero-order valence-corrected chi connectivity index (χ0v) is 13.3. The molecule has 6 nitrogen and oxygen atoms in total. The number of aliphatic carboxylic acids is 1. The second-order valence-corrected chi connectivity index (χ2v) is 5.27. The molecule has 1 aromatic carbocycles. The molecule has 0 saturated heterocycles. The predicted molar refractivity (Wildman–Crippen MR) is 86.7 cm³/mol. The SMILES string of the molecule is CCCc1c(C(=O)NC(CC)C(=O)O)cnn1-c1ccccc1. The summed E-state index contributed by atoms with van der Waals surface area (Å²) in [6.07, 6.45) is 3.37. The van der Waals surface area contributed by atoms with E-state index in [-0.39, 0.29) is 0 Å². The Morgan fingerprint density at radius 2 is 1.96 bits per heavy atom. The van der Waals surface area contributed by atoms with Crippen molar-refractivity contribution in [2.45, 2.75) is 39.2 Å². The molecule has 0 saturated carbocycles. The molecule has 1 atom stereocenters. The highest BCUT2D eigenvalue weighted by molar-refractivity contribution is 5.97. The molecule has 0 aliphatic rings. The third-order valence-corrected chi connectivity index (χ3v) is 3.61. The lowest BCUT2D eigenvalue weighted by atomic mass is 10.1. The molecular weight excluding hydrogens is 294 g/mol. The number of rotatable bonds is 7. The van der Waals surface area contributed by atoms with Crippen LogP contribution in [0.3, 0.4) is 0 Å². The van der Waals surface area contributed by atoms with Crippen LogP contribution in [0.1, 0.15) is 42.7 Å². The quantitative estimate of drug-likeness (QED) is 0.822. The van der Waals surface area contributed by atoms with E-state index in [1.54, 1.807) is 11.6 Å². The molecule has 0 aliphatic heterocycles. The molecule has 0 radical (unpaired) electrons. The molecule has 23 heavy (non-hydrogen) atoms. The van der Waals surface area contributed by atoms with Gasteiger partial charge in [0.15, 0.2) is 0 Å². The van der Waals surface area contributed by atoms with Crippen LogP contribution in [-0.4, -0.2) is 32.8 Å². The van der Waals surface area contributed by atoms with E-state index in [2.05, 4.69) is 10.4 Å². The first-order chi connectivity index (χ1) is 11.1. The van der Waals surface area contributed by atoms with Gasteiger partial charge in [0, 0.05) is 0 Å². The molecule has 1 amide bonds. The smallest absolute Gasteiger partial charge is 0.326 e. The van der Waals surface area contributed by atoms with Crippen molar-refractivity contribution in [1.82, 2.24) is 15.1 Å². The number of hydrogen-bond donors (Lipinski definition) is 2. The van der Waals surface area contributed by atoms with E-state index in [1.165, 1.54) is 6.20 Å². The third-order valence-electron chi connectivity index (χ3n) is 3.61. The summed E-state index contributed by atoms with van der Waals surface area (Å²) in [5.74, 6) is -1.43. The molecule has 1 heterocycles. The lowest BCUT2D eigenvalue weighted by Crippen LogP contribution is -2.40. The van der Waals surface area contributed by atoms with Crippen LogP contribution in [0.2, 0.25) is 0 Å². The zero-order valence-electron chi connectivity index (χ0n) is 13.3. The van der Waals surface area contributed by atoms with Crippen molar-refractivity contribution >= 4 is 11.9 Å². The van der Waals surface area contributed by atoms with Crippen molar-refractivity contribution in [3.63, 3.8) is 0 Å². The van der Waals surface area contributed by atoms with Gasteiger partial charge in [-0.05, 0) is 25.0 Å². The number of nitrogens with zero attached hydrogens (tertiary/aromatic N) is 2. The standard InChI is InChI=1S/C17H21N3O3/c1-3-8-15-13(16(21)19-14(4-2)17(22)23)11-18-20(15)12-9-6-5-7-10-12/h5-7,9-11,14H,3-4,8H2,1-2H3,(H,19,21)(H,22,23). The average Bonchev–Trinajstić information content (AvgIpc) is 2.97. The molecular formula is C17H21N3O3. The topological polar surface area (TPSA) is 84.2 Å². The lowest BCUT2D eigenvalue weighted by molar-refractivity contribution is -0.139. The summed E-state index contributed by atoms with van der Waals surface area (Å²) in [4.78, 5) is 23.5. The fourth-order valence-electron chi connectivity index (χ4n) is 2.41. The number of amides is 1. The van der Waals surface area contributed by atoms with Crippen molar-refractivity contribution < 1.29 is 14.7 Å². The van der Waals surface area contributed by atoms with Crippen LogP contribution in [0.15, 0.2) is 36.5 Å². The summed E-state index contributed by atoms with van der Waals surface area (Å²) < 4.78 is 1.74. The summed E-state index contributed by atoms with van der Waals surface area (Å²) in [6, 6.07) is 8.67. The van der Waals surface area contributed by atoms with Gasteiger partial charge in [0.05, 0.1) is 23.1 Å². The highest BCUT2D eigenvalue weighted by atomic mass is 16.4. The minimum Gasteiger partial charge on any atom is -0.480 e. The van der Waals surface area contributed by atoms with Gasteiger partial charge < -0.3 is 10.4 Å². The summed E-state index contributed by atoms with van der Waals surface area (Å²) in [5.41, 5.74) is 2.09. The summed E-state index contributed by atoms with van der Waals surface area (Å²) in [7, 11) is 0. The molecule has 0 bridgehead atoms. The van der Waals surface area contributed by atoms with Crippen LogP contribution in [0.5, 0.6) is 0 Å². The zero-order chi connectivity index (χ0) is 16.8. The van der Waals surface area contributed by atoms with Gasteiger partial charge in [0.2, 0.25) is 0 Å². The first-order valence-electron chi connectivity index (χ1n) is 7.74. The largest absolute Gasteiger partial charge is 0.480 e. The van der Waals surface area contributed by atoms with Gasteiger partial charge in [0.25, 0.3) is 5.91 Å². The molecule has 1 aromatic heterocycles. The van der Waals surface area contributed by atoms with Gasteiger partial charge in [0.1, 0.15) is 6.04 Å². The van der Waals surface area contributed by atoms with Crippen molar-refractivity contribution in [3.05, 3.63) is 47.8 Å². The third kappa shape index (κ3) is 3.77. The molecule has 2 rings (SSSR count). The lowest BCUT2D eigenvalue weighted by Gasteiger charge is -2.13. The minimum absolute atomic E-state index is 0.330. The molecule has 2 N–H and O–H groups in total. The molecule has 1 unspecified atom stereocenters. The predicted octanol–water partition coefficient (Wildman–Crippen LogP) is 2.42. The maximum absolute atomic E-state index is 12.4. The van der Waals surface area contributed by atoms with Crippen LogP contribution in [0, 0.1) is 0 Å². The molecule has 0 aliphatic carbocycles. The Hall–Kier alpha value is -2.63. The number of carboxylic acid groups (broad SMARTS) is 1. The van der Waals surface area contributed by atoms with Crippen molar-refractivity contribution in [1.29, 1.82) is 0 Å². The molecule has 0 fully saturated rings. The summed E-state index contributed by atoms with van der Waals surface area (Å²) >= 11 is 0. The van der Waals surface area contributed by atoms with Crippen molar-refractivity contribution in [2.24, 2.45) is 0 Å². The second kappa shape index (κ2) is 7.58. The van der Waals surface area contributed by atoms with Crippen molar-refractivity contribution in [2.75, 3.05) is 0 Å². The fourth-order valence-corrected chi connectivity index (χ4v) is 2.41. The van der Waals surface area contributed by atoms with E-state index in [4.69, 9.17) is 5.11 Å².